The van der Waals surface area contributed by atoms with E-state index in [0.717, 1.165) is 77.0 Å². The van der Waals surface area contributed by atoms with Gasteiger partial charge in [0, 0.05) is 12.8 Å². The second-order valence-corrected chi connectivity index (χ2v) is 27.8. The molecule has 0 aliphatic rings. The molecule has 0 saturated heterocycles. The maximum atomic E-state index is 12.9. The van der Waals surface area contributed by atoms with Crippen LogP contribution >= 0.6 is 7.82 Å². The van der Waals surface area contributed by atoms with Crippen LogP contribution in [-0.4, -0.2) is 74.9 Å². The third kappa shape index (κ3) is 72.4. The molecule has 0 radical (unpaired) electrons. The molecule has 10 heteroatoms. The fourth-order valence-electron chi connectivity index (χ4n) is 10.8. The van der Waals surface area contributed by atoms with Crippen LogP contribution in [0.2, 0.25) is 0 Å². The fraction of sp³-hybridized carbons (Fsp3) is 0.818. The highest BCUT2D eigenvalue weighted by Gasteiger charge is 2.27. The Balaban J connectivity index is 3.99. The van der Waals surface area contributed by atoms with Gasteiger partial charge in [-0.05, 0) is 64.2 Å². The Kier molecular flexibility index (Phi) is 65.8. The maximum Gasteiger partial charge on any atom is 0.472 e. The van der Waals surface area contributed by atoms with Crippen LogP contribution in [0.4, 0.5) is 0 Å². The molecule has 9 nitrogen and oxygen atoms in total. The summed E-state index contributed by atoms with van der Waals surface area (Å²) in [6.45, 7) is 4.37. The smallest absolute Gasteiger partial charge is 0.462 e. The Morgan fingerprint density at radius 1 is 0.368 bits per heavy atom. The van der Waals surface area contributed by atoms with E-state index in [-0.39, 0.29) is 25.6 Å². The number of carbonyl (C=O) groups is 2. The molecule has 2 atom stereocenters. The summed E-state index contributed by atoms with van der Waals surface area (Å²) in [6.07, 6.45) is 91.7. The van der Waals surface area contributed by atoms with Crippen molar-refractivity contribution in [1.82, 2.24) is 0 Å². The fourth-order valence-corrected chi connectivity index (χ4v) is 11.6. The summed E-state index contributed by atoms with van der Waals surface area (Å²) in [5.41, 5.74) is 0. The quantitative estimate of drug-likeness (QED) is 0.0211. The van der Waals surface area contributed by atoms with E-state index in [1.54, 1.807) is 0 Å². The molecule has 1 N–H and O–H groups in total. The van der Waals surface area contributed by atoms with E-state index < -0.39 is 26.5 Å². The monoisotopic (exact) mass is 1240 g/mol. The van der Waals surface area contributed by atoms with E-state index in [9.17, 15) is 19.0 Å². The molecule has 0 aliphatic carbocycles. The molecule has 0 aromatic rings. The number of carbonyl (C=O) groups excluding carboxylic acids is 2. The van der Waals surface area contributed by atoms with E-state index in [0.29, 0.717) is 23.9 Å². The molecule has 0 fully saturated rings. The lowest BCUT2D eigenvalue weighted by Crippen LogP contribution is -2.37. The van der Waals surface area contributed by atoms with Crippen molar-refractivity contribution in [3.8, 4) is 0 Å². The van der Waals surface area contributed by atoms with Gasteiger partial charge in [0.05, 0.1) is 27.7 Å². The zero-order valence-electron chi connectivity index (χ0n) is 58.0. The van der Waals surface area contributed by atoms with E-state index in [1.165, 1.54) is 244 Å². The summed E-state index contributed by atoms with van der Waals surface area (Å²) in [4.78, 5) is 35.9. The van der Waals surface area contributed by atoms with E-state index in [4.69, 9.17) is 18.5 Å². The van der Waals surface area contributed by atoms with Gasteiger partial charge in [-0.3, -0.25) is 18.6 Å². The number of nitrogens with zero attached hydrogens (tertiary/aromatic N) is 1. The Hall–Kier alpha value is -2.55. The molecular weight excluding hydrogens is 1100 g/mol. The Labute approximate surface area is 539 Å². The minimum atomic E-state index is -4.40. The molecule has 0 amide bonds. The molecule has 87 heavy (non-hydrogen) atoms. The highest BCUT2D eigenvalue weighted by Crippen LogP contribution is 2.43. The van der Waals surface area contributed by atoms with Crippen molar-refractivity contribution in [3.63, 3.8) is 0 Å². The molecule has 0 bridgehead atoms. The summed E-state index contributed by atoms with van der Waals surface area (Å²) < 4.78 is 34.8. The number of phosphoric acid groups is 1. The Morgan fingerprint density at radius 3 is 0.977 bits per heavy atom. The second-order valence-electron chi connectivity index (χ2n) is 26.3. The van der Waals surface area contributed by atoms with E-state index in [1.807, 2.05) is 21.1 Å². The first-order valence-electron chi connectivity index (χ1n) is 37.2. The summed E-state index contributed by atoms with van der Waals surface area (Å²) in [7, 11) is 1.49. The number of unbranched alkanes of at least 4 members (excludes halogenated alkanes) is 43. The highest BCUT2D eigenvalue weighted by atomic mass is 31.2. The molecule has 0 saturated carbocycles. The van der Waals surface area contributed by atoms with Gasteiger partial charge in [0.15, 0.2) is 6.10 Å². The normalized spacial score (nSPS) is 13.5. The Morgan fingerprint density at radius 2 is 0.655 bits per heavy atom. The van der Waals surface area contributed by atoms with Crippen LogP contribution in [0.1, 0.15) is 354 Å². The first kappa shape index (κ1) is 84.5. The number of rotatable bonds is 69. The van der Waals surface area contributed by atoms with Gasteiger partial charge in [-0.2, -0.15) is 0 Å². The van der Waals surface area contributed by atoms with Crippen molar-refractivity contribution in [2.45, 2.75) is 360 Å². The van der Waals surface area contributed by atoms with Crippen LogP contribution in [0.25, 0.3) is 0 Å². The molecule has 0 aromatic carbocycles. The number of hydrogen-bond acceptors (Lipinski definition) is 7. The van der Waals surface area contributed by atoms with Crippen molar-refractivity contribution < 1.29 is 42.1 Å². The predicted molar refractivity (Wildman–Crippen MR) is 376 cm³/mol. The van der Waals surface area contributed by atoms with Crippen LogP contribution in [0, 0.1) is 0 Å². The maximum absolute atomic E-state index is 12.9. The average Bonchev–Trinajstić information content (AvgIpc) is 3.62. The van der Waals surface area contributed by atoms with E-state index in [2.05, 4.69) is 86.8 Å². The Bertz CT molecular complexity index is 1700. The number of hydrogen-bond donors (Lipinski definition) is 1. The third-order valence-electron chi connectivity index (χ3n) is 16.5. The minimum absolute atomic E-state index is 0.0310. The van der Waals surface area contributed by atoms with Crippen molar-refractivity contribution >= 4 is 19.8 Å². The van der Waals surface area contributed by atoms with Gasteiger partial charge < -0.3 is 18.9 Å². The van der Waals surface area contributed by atoms with Gasteiger partial charge in [-0.25, -0.2) is 4.57 Å². The predicted octanol–water partition coefficient (Wildman–Crippen LogP) is 24.3. The lowest BCUT2D eigenvalue weighted by Gasteiger charge is -2.24. The molecule has 0 aromatic heterocycles. The van der Waals surface area contributed by atoms with Crippen molar-refractivity contribution in [1.29, 1.82) is 0 Å². The number of phosphoric ester groups is 1. The largest absolute Gasteiger partial charge is 0.472 e. The van der Waals surface area contributed by atoms with Crippen LogP contribution in [0.3, 0.4) is 0 Å². The average molecular weight is 1240 g/mol. The summed E-state index contributed by atoms with van der Waals surface area (Å²) >= 11 is 0. The van der Waals surface area contributed by atoms with Crippen molar-refractivity contribution in [2.24, 2.45) is 0 Å². The van der Waals surface area contributed by atoms with Gasteiger partial charge in [0.1, 0.15) is 19.8 Å². The molecule has 0 aliphatic heterocycles. The second kappa shape index (κ2) is 67.8. The first-order valence-corrected chi connectivity index (χ1v) is 38.7. The number of esters is 2. The minimum Gasteiger partial charge on any atom is -0.462 e. The summed E-state index contributed by atoms with van der Waals surface area (Å²) in [6, 6.07) is 0. The van der Waals surface area contributed by atoms with Crippen LogP contribution in [0.5, 0.6) is 0 Å². The van der Waals surface area contributed by atoms with E-state index >= 15 is 0 Å². The first-order chi connectivity index (χ1) is 42.5. The number of ether oxygens (including phenoxy) is 2. The van der Waals surface area contributed by atoms with Gasteiger partial charge in [-0.1, -0.05) is 350 Å². The third-order valence-corrected chi connectivity index (χ3v) is 17.5. The number of likely N-dealkylation sites (N-methyl/N-ethyl adjacent to an activating group) is 1. The molecular formula is C77H143NO8P+. The number of allylic oxidation sites excluding steroid dienone is 12. The highest BCUT2D eigenvalue weighted by molar-refractivity contribution is 7.47. The van der Waals surface area contributed by atoms with Crippen LogP contribution in [0.15, 0.2) is 72.9 Å². The lowest BCUT2D eigenvalue weighted by atomic mass is 10.0. The SMILES string of the molecule is CC/C=C\C/C=C\C/C=C\C/C=C\C/C=C\C/C=C\CCCCCCCCCCCCCCC(=O)OC(COC(=O)CCCCCCCCCCCCCCCCCCCCCCCCCCCCCCCCCC)COP(=O)(O)OCC[N+](C)(C)C. The van der Waals surface area contributed by atoms with Gasteiger partial charge >= 0.3 is 19.8 Å². The molecule has 2 unspecified atom stereocenters. The molecule has 0 rings (SSSR count). The van der Waals surface area contributed by atoms with Gasteiger partial charge in [-0.15, -0.1) is 0 Å². The summed E-state index contributed by atoms with van der Waals surface area (Å²) in [5, 5.41) is 0. The van der Waals surface area contributed by atoms with Crippen molar-refractivity contribution in [2.75, 3.05) is 47.5 Å². The van der Waals surface area contributed by atoms with Gasteiger partial charge in [0.2, 0.25) is 0 Å². The zero-order chi connectivity index (χ0) is 63.4. The topological polar surface area (TPSA) is 108 Å². The lowest BCUT2D eigenvalue weighted by molar-refractivity contribution is -0.870. The standard InChI is InChI=1S/C77H142NO8P/c1-6-8-10-12-14-16-18-20-22-24-26-28-30-32-34-36-38-40-41-43-45-47-49-51-53-55-57-59-61-63-65-67-69-76(79)83-73-75(74-85-87(81,82)84-72-71-78(3,4)5)86-77(80)70-68-66-64-62-60-58-56-54-52-50-48-46-44-42-39-37-35-33-31-29-27-25-23-21-19-17-15-13-11-9-7-2/h9,11,15,17,21,23,27,29,33,35,39,42,75H,6-8,10,12-14,16,18-20,22,24-26,28,30-32,34,36-38,40-41,43-74H2,1-5H3/p+1/b11-9-,17-15-,23-21-,29-27-,35-33-,42-39-. The molecule has 508 valence electrons. The molecule has 0 spiro atoms. The molecule has 0 heterocycles. The van der Waals surface area contributed by atoms with Crippen molar-refractivity contribution in [3.05, 3.63) is 72.9 Å². The zero-order valence-corrected chi connectivity index (χ0v) is 58.9. The van der Waals surface area contributed by atoms with Crippen LogP contribution < -0.4 is 0 Å². The van der Waals surface area contributed by atoms with Crippen LogP contribution in [-0.2, 0) is 32.7 Å². The van der Waals surface area contributed by atoms with Gasteiger partial charge in [0.25, 0.3) is 0 Å². The number of quaternary nitrogens is 1. The summed E-state index contributed by atoms with van der Waals surface area (Å²) in [5.74, 6) is -0.785.